The summed E-state index contributed by atoms with van der Waals surface area (Å²) >= 11 is 1.75. The van der Waals surface area contributed by atoms with E-state index in [2.05, 4.69) is 61.2 Å². The first-order chi connectivity index (χ1) is 32.9. The number of allylic oxidation sites excluding steroid dienone is 1. The van der Waals surface area contributed by atoms with Gasteiger partial charge in [-0.15, -0.1) is 18.3 Å². The minimum Gasteiger partial charge on any atom is -0.493 e. The lowest BCUT2D eigenvalue weighted by Crippen LogP contribution is -2.70. The molecule has 6 unspecified atom stereocenters. The number of aliphatic hydroxyl groups is 2. The number of unbranched alkanes of at least 4 members (excludes halogenated alkanes) is 2. The van der Waals surface area contributed by atoms with Crippen LogP contribution in [0.3, 0.4) is 0 Å². The second-order valence-electron chi connectivity index (χ2n) is 17.5. The highest BCUT2D eigenvalue weighted by atomic mass is 32.2. The van der Waals surface area contributed by atoms with Gasteiger partial charge in [-0.1, -0.05) is 90.8 Å². The molecular formula is C56H61N3O7S. The summed E-state index contributed by atoms with van der Waals surface area (Å²) in [6.07, 6.45) is 8.99. The largest absolute Gasteiger partial charge is 0.493 e. The number of thioether (sulfide) groups is 1. The van der Waals surface area contributed by atoms with E-state index in [0.717, 1.165) is 70.4 Å². The molecule has 67 heavy (non-hydrogen) atoms. The average molecular weight is 920 g/mol. The van der Waals surface area contributed by atoms with E-state index in [9.17, 15) is 15.5 Å². The first-order valence-corrected chi connectivity index (χ1v) is 24.7. The first kappa shape index (κ1) is 47.6. The fraction of sp³-hybridized carbons (Fsp3) is 0.375. The lowest BCUT2D eigenvalue weighted by Gasteiger charge is -2.60. The Kier molecular flexibility index (Phi) is 16.1. The summed E-state index contributed by atoms with van der Waals surface area (Å²) in [6.45, 7) is 7.43. The Morgan fingerprint density at radius 3 is 2.48 bits per heavy atom. The lowest BCUT2D eigenvalue weighted by atomic mass is 9.55. The Morgan fingerprint density at radius 2 is 1.72 bits per heavy atom. The van der Waals surface area contributed by atoms with Crippen LogP contribution in [0.1, 0.15) is 84.8 Å². The molecule has 8 rings (SSSR count). The van der Waals surface area contributed by atoms with Crippen LogP contribution in [0, 0.1) is 29.1 Å². The van der Waals surface area contributed by atoms with Crippen molar-refractivity contribution in [1.82, 2.24) is 4.90 Å². The maximum absolute atomic E-state index is 15.5. The van der Waals surface area contributed by atoms with Crippen molar-refractivity contribution < 1.29 is 34.1 Å². The lowest BCUT2D eigenvalue weighted by molar-refractivity contribution is -0.255. The molecule has 0 bridgehead atoms. The quantitative estimate of drug-likeness (QED) is 0.0301. The van der Waals surface area contributed by atoms with Gasteiger partial charge in [0.2, 0.25) is 5.79 Å². The number of rotatable bonds is 22. The highest BCUT2D eigenvalue weighted by Crippen LogP contribution is 2.62. The van der Waals surface area contributed by atoms with E-state index in [-0.39, 0.29) is 56.4 Å². The molecule has 0 spiro atoms. The maximum atomic E-state index is 15.5. The zero-order chi connectivity index (χ0) is 46.6. The van der Waals surface area contributed by atoms with Crippen LogP contribution in [0.2, 0.25) is 0 Å². The van der Waals surface area contributed by atoms with E-state index in [1.807, 2.05) is 60.4 Å². The third kappa shape index (κ3) is 10.5. The monoisotopic (exact) mass is 919 g/mol. The number of hydrogen-bond donors (Lipinski definition) is 2. The fourth-order valence-corrected chi connectivity index (χ4v) is 11.3. The number of oxime groups is 1. The van der Waals surface area contributed by atoms with Gasteiger partial charge in [0.1, 0.15) is 24.1 Å². The van der Waals surface area contributed by atoms with E-state index in [1.54, 1.807) is 42.1 Å². The molecule has 2 N–H and O–H groups in total. The molecule has 1 amide bonds. The molecule has 1 fully saturated rings. The van der Waals surface area contributed by atoms with Crippen molar-refractivity contribution >= 4 is 34.2 Å². The van der Waals surface area contributed by atoms with Crippen LogP contribution in [0.4, 0.5) is 0 Å². The van der Waals surface area contributed by atoms with E-state index in [0.29, 0.717) is 42.9 Å². The van der Waals surface area contributed by atoms with Gasteiger partial charge in [0, 0.05) is 53.9 Å². The smallest absolute Gasteiger partial charge is 0.254 e. The number of nitriles is 1. The molecule has 0 aromatic heterocycles. The van der Waals surface area contributed by atoms with E-state index in [4.69, 9.17) is 24.2 Å². The van der Waals surface area contributed by atoms with Gasteiger partial charge < -0.3 is 34.2 Å². The highest BCUT2D eigenvalue weighted by molar-refractivity contribution is 7.99. The standard InChI is InChI=1S/C56H61N3O7S/c1-3-31-64-56-52(59(55(62)41-25-23-39(37-57)24-26-41)38-43-18-14-17-40-15-8-9-21-46(40)43)36-50(58-65-4-2)48-34-42(16-10-12-29-60)47(22-11-13-30-61)53(54(48)56)49-35-44(27-28-51(49)66-56)63-32-33-67-45-19-6-5-7-20-45/h3,5-9,14-15,17-21,23-28,34-35,42,47,52-54,60-61H,1,4,10-13,16,22,29-33,36,38H2,2H3. The molecule has 5 aromatic rings. The van der Waals surface area contributed by atoms with Gasteiger partial charge in [-0.2, -0.15) is 5.26 Å². The molecule has 3 aliphatic rings. The fourth-order valence-electron chi connectivity index (χ4n) is 10.5. The van der Waals surface area contributed by atoms with E-state index < -0.39 is 17.7 Å². The molecule has 5 aromatic carbocycles. The van der Waals surface area contributed by atoms with Gasteiger partial charge in [-0.3, -0.25) is 4.79 Å². The molecule has 2 aliphatic carbocycles. The Morgan fingerprint density at radius 1 is 0.955 bits per heavy atom. The summed E-state index contributed by atoms with van der Waals surface area (Å²) in [5.41, 5.74) is 4.54. The Labute approximate surface area is 398 Å². The van der Waals surface area contributed by atoms with Gasteiger partial charge in [-0.25, -0.2) is 0 Å². The third-order valence-electron chi connectivity index (χ3n) is 13.4. The van der Waals surface area contributed by atoms with Crippen molar-refractivity contribution in [3.05, 3.63) is 162 Å². The normalized spacial score (nSPS) is 22.1. The van der Waals surface area contributed by atoms with Gasteiger partial charge >= 0.3 is 0 Å². The van der Waals surface area contributed by atoms with Crippen molar-refractivity contribution in [2.24, 2.45) is 22.9 Å². The minimum atomic E-state index is -1.45. The molecule has 6 atom stereocenters. The molecule has 0 radical (unpaired) electrons. The summed E-state index contributed by atoms with van der Waals surface area (Å²) in [4.78, 5) is 24.6. The predicted molar refractivity (Wildman–Crippen MR) is 264 cm³/mol. The maximum Gasteiger partial charge on any atom is 0.254 e. The summed E-state index contributed by atoms with van der Waals surface area (Å²) in [5, 5.41) is 36.7. The molecule has 10 nitrogen and oxygen atoms in total. The Hall–Kier alpha value is -5.90. The van der Waals surface area contributed by atoms with E-state index in [1.165, 1.54) is 4.90 Å². The second kappa shape index (κ2) is 22.7. The topological polar surface area (TPSA) is 134 Å². The van der Waals surface area contributed by atoms with Gasteiger partial charge in [0.25, 0.3) is 5.91 Å². The number of nitrogens with zero attached hydrogens (tertiary/aromatic N) is 3. The Bertz CT molecular complexity index is 2570. The van der Waals surface area contributed by atoms with Crippen LogP contribution in [-0.4, -0.2) is 77.3 Å². The third-order valence-corrected chi connectivity index (χ3v) is 14.4. The molecule has 11 heteroatoms. The summed E-state index contributed by atoms with van der Waals surface area (Å²) in [5.74, 6) is -0.0530. The summed E-state index contributed by atoms with van der Waals surface area (Å²) in [7, 11) is 0. The van der Waals surface area contributed by atoms with Crippen LogP contribution < -0.4 is 9.47 Å². The number of fused-ring (bicyclic) bond motifs is 3. The number of hydrogen-bond acceptors (Lipinski definition) is 10. The zero-order valence-corrected chi connectivity index (χ0v) is 39.1. The SMILES string of the molecule is C=CCOC12Oc3ccc(OCCSc4ccccc4)cc3C3C(CCCCO)C(CCCCO)C=C(C(=NOCC)CC1N(Cc1cccc4ccccc14)C(=O)c1ccc(C#N)cc1)C32. The predicted octanol–water partition coefficient (Wildman–Crippen LogP) is 10.9. The van der Waals surface area contributed by atoms with Gasteiger partial charge in [0.05, 0.1) is 36.5 Å². The average Bonchev–Trinajstić information content (AvgIpc) is 3.37. The van der Waals surface area contributed by atoms with Gasteiger partial charge in [-0.05, 0) is 121 Å². The number of amides is 1. The van der Waals surface area contributed by atoms with Gasteiger partial charge in [0.15, 0.2) is 0 Å². The van der Waals surface area contributed by atoms with Crippen LogP contribution >= 0.6 is 11.8 Å². The number of carbonyl (C=O) groups excluding carboxylic acids is 1. The summed E-state index contributed by atoms with van der Waals surface area (Å²) in [6, 6.07) is 39.0. The van der Waals surface area contributed by atoms with Crippen LogP contribution in [0.25, 0.3) is 10.8 Å². The highest BCUT2D eigenvalue weighted by Gasteiger charge is 2.65. The van der Waals surface area contributed by atoms with Crippen LogP contribution in [-0.2, 0) is 16.1 Å². The van der Waals surface area contributed by atoms with Crippen molar-refractivity contribution in [1.29, 1.82) is 5.26 Å². The second-order valence-corrected chi connectivity index (χ2v) is 18.6. The van der Waals surface area contributed by atoms with E-state index >= 15 is 4.79 Å². The van der Waals surface area contributed by atoms with Crippen molar-refractivity contribution in [2.45, 2.75) is 81.1 Å². The number of aliphatic hydroxyl groups excluding tert-OH is 2. The van der Waals surface area contributed by atoms with Crippen LogP contribution in [0.15, 0.2) is 150 Å². The molecular weight excluding hydrogens is 859 g/mol. The molecule has 1 aliphatic heterocycles. The molecule has 348 valence electrons. The number of ether oxygens (including phenoxy) is 3. The molecule has 1 heterocycles. The summed E-state index contributed by atoms with van der Waals surface area (Å²) < 4.78 is 21.3. The zero-order valence-electron chi connectivity index (χ0n) is 38.3. The number of carbonyl (C=O) groups is 1. The minimum absolute atomic E-state index is 0.0603. The molecule has 1 saturated carbocycles. The van der Waals surface area contributed by atoms with Crippen LogP contribution in [0.5, 0.6) is 11.5 Å². The first-order valence-electron chi connectivity index (χ1n) is 23.7. The van der Waals surface area contributed by atoms with Crippen molar-refractivity contribution in [3.63, 3.8) is 0 Å². The Balaban J connectivity index is 1.32. The molecule has 0 saturated heterocycles. The van der Waals surface area contributed by atoms with Crippen molar-refractivity contribution in [3.8, 4) is 17.6 Å². The van der Waals surface area contributed by atoms with Crippen molar-refractivity contribution in [2.75, 3.05) is 38.8 Å². The number of benzene rings is 5.